The zero-order chi connectivity index (χ0) is 16.2. The zero-order valence-corrected chi connectivity index (χ0v) is 13.3. The van der Waals surface area contributed by atoms with Crippen LogP contribution < -0.4 is 10.2 Å². The number of ether oxygens (including phenoxy) is 1. The first-order valence-electron chi connectivity index (χ1n) is 7.79. The van der Waals surface area contributed by atoms with Gasteiger partial charge in [-0.05, 0) is 31.0 Å². The van der Waals surface area contributed by atoms with Gasteiger partial charge in [-0.3, -0.25) is 4.90 Å². The van der Waals surface area contributed by atoms with Gasteiger partial charge in [0.2, 0.25) is 0 Å². The van der Waals surface area contributed by atoms with E-state index in [1.54, 1.807) is 11.2 Å². The molecule has 0 radical (unpaired) electrons. The van der Waals surface area contributed by atoms with Gasteiger partial charge in [0.1, 0.15) is 18.8 Å². The number of rotatable bonds is 5. The topological polar surface area (TPSA) is 67.3 Å². The lowest BCUT2D eigenvalue weighted by Crippen LogP contribution is -2.23. The number of hydrogen-bond acceptors (Lipinski definition) is 5. The fraction of sp³-hybridized carbons (Fsp3) is 0.353. The number of cyclic esters (lactones) is 1. The van der Waals surface area contributed by atoms with Gasteiger partial charge in [0, 0.05) is 17.4 Å². The van der Waals surface area contributed by atoms with Gasteiger partial charge >= 0.3 is 6.09 Å². The molecule has 0 spiro atoms. The molecule has 1 aromatic heterocycles. The van der Waals surface area contributed by atoms with Crippen LogP contribution in [0.4, 0.5) is 16.3 Å². The van der Waals surface area contributed by atoms with E-state index < -0.39 is 0 Å². The standard InChI is InChI=1S/C17H20N4O2/c1-3-14-10-16(19-11-18-14)20-12(2)13-5-4-6-15(9-13)21-7-8-23-17(21)22/h4-6,9-12H,3,7-8H2,1-2H3,(H,18,19,20). The molecule has 1 aliphatic heterocycles. The van der Waals surface area contributed by atoms with Crippen molar-refractivity contribution < 1.29 is 9.53 Å². The van der Waals surface area contributed by atoms with Crippen molar-refractivity contribution in [3.8, 4) is 0 Å². The largest absolute Gasteiger partial charge is 0.447 e. The molecule has 1 unspecified atom stereocenters. The molecule has 0 saturated carbocycles. The summed E-state index contributed by atoms with van der Waals surface area (Å²) in [5.74, 6) is 0.801. The van der Waals surface area contributed by atoms with E-state index in [2.05, 4.69) is 29.1 Å². The molecule has 120 valence electrons. The van der Waals surface area contributed by atoms with Crippen molar-refractivity contribution in [3.05, 3.63) is 47.9 Å². The summed E-state index contributed by atoms with van der Waals surface area (Å²) < 4.78 is 5.00. The van der Waals surface area contributed by atoms with Crippen molar-refractivity contribution in [1.82, 2.24) is 9.97 Å². The van der Waals surface area contributed by atoms with Crippen molar-refractivity contribution in [2.75, 3.05) is 23.4 Å². The van der Waals surface area contributed by atoms with E-state index in [1.165, 1.54) is 0 Å². The monoisotopic (exact) mass is 312 g/mol. The molecular weight excluding hydrogens is 292 g/mol. The molecule has 1 amide bonds. The third-order valence-corrected chi connectivity index (χ3v) is 3.89. The average Bonchev–Trinajstić information content (AvgIpc) is 3.01. The highest BCUT2D eigenvalue weighted by atomic mass is 16.6. The number of aromatic nitrogens is 2. The lowest BCUT2D eigenvalue weighted by molar-refractivity contribution is 0.181. The van der Waals surface area contributed by atoms with E-state index in [0.29, 0.717) is 13.2 Å². The lowest BCUT2D eigenvalue weighted by Gasteiger charge is -2.18. The molecule has 1 saturated heterocycles. The molecule has 1 aromatic carbocycles. The molecule has 2 aromatic rings. The summed E-state index contributed by atoms with van der Waals surface area (Å²) in [6.45, 7) is 5.16. The third-order valence-electron chi connectivity index (χ3n) is 3.89. The summed E-state index contributed by atoms with van der Waals surface area (Å²) in [4.78, 5) is 21.8. The van der Waals surface area contributed by atoms with Crippen LogP contribution in [0.5, 0.6) is 0 Å². The second-order valence-corrected chi connectivity index (χ2v) is 5.48. The van der Waals surface area contributed by atoms with Crippen LogP contribution in [0.3, 0.4) is 0 Å². The number of benzene rings is 1. The first-order chi connectivity index (χ1) is 11.2. The SMILES string of the molecule is CCc1cc(NC(C)c2cccc(N3CCOC3=O)c2)ncn1. The highest BCUT2D eigenvalue weighted by molar-refractivity contribution is 5.89. The number of amides is 1. The number of anilines is 2. The molecule has 6 heteroatoms. The number of carbonyl (C=O) groups is 1. The average molecular weight is 312 g/mol. The number of hydrogen-bond donors (Lipinski definition) is 1. The zero-order valence-electron chi connectivity index (χ0n) is 13.3. The minimum atomic E-state index is -0.286. The molecule has 3 rings (SSSR count). The number of nitrogens with zero attached hydrogens (tertiary/aromatic N) is 3. The van der Waals surface area contributed by atoms with Crippen molar-refractivity contribution in [2.45, 2.75) is 26.3 Å². The molecule has 1 atom stereocenters. The fourth-order valence-electron chi connectivity index (χ4n) is 2.57. The van der Waals surface area contributed by atoms with Crippen LogP contribution >= 0.6 is 0 Å². The van der Waals surface area contributed by atoms with Crippen LogP contribution in [0.1, 0.15) is 31.1 Å². The van der Waals surface area contributed by atoms with Crippen molar-refractivity contribution in [1.29, 1.82) is 0 Å². The summed E-state index contributed by atoms with van der Waals surface area (Å²) in [5.41, 5.74) is 2.94. The van der Waals surface area contributed by atoms with E-state index in [1.807, 2.05) is 30.3 Å². The molecule has 1 fully saturated rings. The van der Waals surface area contributed by atoms with Crippen LogP contribution in [0, 0.1) is 0 Å². The Morgan fingerprint density at radius 2 is 2.22 bits per heavy atom. The van der Waals surface area contributed by atoms with Crippen LogP contribution in [0.25, 0.3) is 0 Å². The van der Waals surface area contributed by atoms with Gasteiger partial charge in [0.15, 0.2) is 0 Å². The van der Waals surface area contributed by atoms with Gasteiger partial charge in [0.05, 0.1) is 12.6 Å². The predicted molar refractivity (Wildman–Crippen MR) is 88.6 cm³/mol. The maximum Gasteiger partial charge on any atom is 0.414 e. The van der Waals surface area contributed by atoms with E-state index in [0.717, 1.165) is 29.2 Å². The van der Waals surface area contributed by atoms with Crippen molar-refractivity contribution in [3.63, 3.8) is 0 Å². The summed E-state index contributed by atoms with van der Waals surface area (Å²) in [6, 6.07) is 9.93. The molecule has 1 N–H and O–H groups in total. The fourth-order valence-corrected chi connectivity index (χ4v) is 2.57. The van der Waals surface area contributed by atoms with Gasteiger partial charge in [0.25, 0.3) is 0 Å². The van der Waals surface area contributed by atoms with Crippen LogP contribution in [-0.4, -0.2) is 29.2 Å². The Labute approximate surface area is 135 Å². The molecule has 1 aliphatic rings. The van der Waals surface area contributed by atoms with Gasteiger partial charge in [-0.1, -0.05) is 19.1 Å². The van der Waals surface area contributed by atoms with Crippen LogP contribution in [0.2, 0.25) is 0 Å². The normalized spacial score (nSPS) is 15.4. The predicted octanol–water partition coefficient (Wildman–Crippen LogP) is 3.17. The highest BCUT2D eigenvalue weighted by Crippen LogP contribution is 2.25. The van der Waals surface area contributed by atoms with Gasteiger partial charge in [-0.25, -0.2) is 14.8 Å². The quantitative estimate of drug-likeness (QED) is 0.918. The molecule has 0 aliphatic carbocycles. The molecule has 0 bridgehead atoms. The van der Waals surface area contributed by atoms with E-state index >= 15 is 0 Å². The highest BCUT2D eigenvalue weighted by Gasteiger charge is 2.23. The van der Waals surface area contributed by atoms with E-state index in [9.17, 15) is 4.79 Å². The Balaban J connectivity index is 1.76. The minimum Gasteiger partial charge on any atom is -0.447 e. The van der Waals surface area contributed by atoms with Gasteiger partial charge < -0.3 is 10.1 Å². The summed E-state index contributed by atoms with van der Waals surface area (Å²) in [5, 5.41) is 3.38. The summed E-state index contributed by atoms with van der Waals surface area (Å²) >= 11 is 0. The second-order valence-electron chi connectivity index (χ2n) is 5.48. The Morgan fingerprint density at radius 3 is 2.96 bits per heavy atom. The Bertz CT molecular complexity index is 704. The number of carbonyl (C=O) groups excluding carboxylic acids is 1. The summed E-state index contributed by atoms with van der Waals surface area (Å²) in [7, 11) is 0. The maximum atomic E-state index is 11.7. The Hall–Kier alpha value is -2.63. The molecule has 6 nitrogen and oxygen atoms in total. The second kappa shape index (κ2) is 6.64. The maximum absolute atomic E-state index is 11.7. The Morgan fingerprint density at radius 1 is 1.35 bits per heavy atom. The van der Waals surface area contributed by atoms with Crippen molar-refractivity contribution in [2.24, 2.45) is 0 Å². The van der Waals surface area contributed by atoms with Gasteiger partial charge in [-0.15, -0.1) is 0 Å². The van der Waals surface area contributed by atoms with Crippen LogP contribution in [-0.2, 0) is 11.2 Å². The van der Waals surface area contributed by atoms with E-state index in [4.69, 9.17) is 4.74 Å². The van der Waals surface area contributed by atoms with Gasteiger partial charge in [-0.2, -0.15) is 0 Å². The van der Waals surface area contributed by atoms with Crippen LogP contribution in [0.15, 0.2) is 36.7 Å². The first-order valence-corrected chi connectivity index (χ1v) is 7.79. The smallest absolute Gasteiger partial charge is 0.414 e. The first kappa shape index (κ1) is 15.3. The molecule has 23 heavy (non-hydrogen) atoms. The van der Waals surface area contributed by atoms with Crippen molar-refractivity contribution >= 4 is 17.6 Å². The molecular formula is C17H20N4O2. The lowest BCUT2D eigenvalue weighted by atomic mass is 10.1. The van der Waals surface area contributed by atoms with E-state index in [-0.39, 0.29) is 12.1 Å². The number of nitrogens with one attached hydrogen (secondary N) is 1. The number of aryl methyl sites for hydroxylation is 1. The minimum absolute atomic E-state index is 0.0631. The third kappa shape index (κ3) is 3.41. The summed E-state index contributed by atoms with van der Waals surface area (Å²) in [6.07, 6.45) is 2.16. The molecule has 2 heterocycles. The Kier molecular flexibility index (Phi) is 4.41.